The minimum Gasteiger partial charge on any atom is -0.316 e. The van der Waals surface area contributed by atoms with Crippen molar-refractivity contribution < 1.29 is 0 Å². The van der Waals surface area contributed by atoms with E-state index in [1.807, 2.05) is 0 Å². The number of hydrogen-bond acceptors (Lipinski definition) is 2. The lowest BCUT2D eigenvalue weighted by atomic mass is 9.84. The third-order valence-electron chi connectivity index (χ3n) is 3.60. The molecule has 0 saturated carbocycles. The van der Waals surface area contributed by atoms with E-state index in [1.165, 1.54) is 45.3 Å². The molecule has 3 atom stereocenters. The van der Waals surface area contributed by atoms with Crippen LogP contribution < -0.4 is 10.6 Å². The van der Waals surface area contributed by atoms with Gasteiger partial charge in [-0.2, -0.15) is 0 Å². The lowest BCUT2D eigenvalue weighted by molar-refractivity contribution is 0.221. The molecule has 0 radical (unpaired) electrons. The monoisotopic (exact) mass is 182 g/mol. The summed E-state index contributed by atoms with van der Waals surface area (Å²) in [6.45, 7) is 6.06. The largest absolute Gasteiger partial charge is 0.316 e. The van der Waals surface area contributed by atoms with Crippen LogP contribution in [0.3, 0.4) is 0 Å². The van der Waals surface area contributed by atoms with Crippen molar-refractivity contribution in [1.82, 2.24) is 10.6 Å². The Morgan fingerprint density at radius 1 is 1.08 bits per heavy atom. The highest BCUT2D eigenvalue weighted by Crippen LogP contribution is 2.23. The normalized spacial score (nSPS) is 41.8. The first-order valence-corrected chi connectivity index (χ1v) is 5.80. The van der Waals surface area contributed by atoms with Crippen LogP contribution in [0.4, 0.5) is 0 Å². The van der Waals surface area contributed by atoms with Crippen molar-refractivity contribution in [1.29, 1.82) is 0 Å². The summed E-state index contributed by atoms with van der Waals surface area (Å²) in [7, 11) is 0. The molecule has 0 aliphatic carbocycles. The number of nitrogens with one attached hydrogen (secondary N) is 2. The topological polar surface area (TPSA) is 24.1 Å². The number of piperidine rings is 2. The van der Waals surface area contributed by atoms with Crippen LogP contribution in [-0.2, 0) is 0 Å². The molecule has 2 saturated heterocycles. The van der Waals surface area contributed by atoms with E-state index in [4.69, 9.17) is 0 Å². The van der Waals surface area contributed by atoms with Crippen LogP contribution in [0.1, 0.15) is 32.6 Å². The average Bonchev–Trinajstić information content (AvgIpc) is 2.20. The zero-order valence-electron chi connectivity index (χ0n) is 8.68. The van der Waals surface area contributed by atoms with Gasteiger partial charge in [-0.25, -0.2) is 0 Å². The Kier molecular flexibility index (Phi) is 3.23. The average molecular weight is 182 g/mol. The molecule has 0 bridgehead atoms. The van der Waals surface area contributed by atoms with E-state index in [0.717, 1.165) is 17.9 Å². The predicted octanol–water partition coefficient (Wildman–Crippen LogP) is 1.37. The van der Waals surface area contributed by atoms with Gasteiger partial charge >= 0.3 is 0 Å². The molecule has 2 rings (SSSR count). The van der Waals surface area contributed by atoms with Gasteiger partial charge in [0.25, 0.3) is 0 Å². The lowest BCUT2D eigenvalue weighted by Crippen LogP contribution is -2.47. The smallest absolute Gasteiger partial charge is 0.0108 e. The maximum absolute atomic E-state index is 3.70. The molecule has 13 heavy (non-hydrogen) atoms. The maximum Gasteiger partial charge on any atom is 0.0108 e. The molecule has 0 aromatic heterocycles. The first-order chi connectivity index (χ1) is 6.36. The fourth-order valence-corrected chi connectivity index (χ4v) is 2.65. The van der Waals surface area contributed by atoms with Gasteiger partial charge in [0, 0.05) is 6.04 Å². The molecule has 0 aromatic rings. The number of rotatable bonds is 1. The molecule has 0 spiro atoms. The molecule has 2 heterocycles. The van der Waals surface area contributed by atoms with E-state index in [2.05, 4.69) is 17.6 Å². The van der Waals surface area contributed by atoms with Crippen molar-refractivity contribution in [3.05, 3.63) is 0 Å². The summed E-state index contributed by atoms with van der Waals surface area (Å²) in [5.41, 5.74) is 0. The Balaban J connectivity index is 1.79. The first kappa shape index (κ1) is 9.47. The van der Waals surface area contributed by atoms with E-state index < -0.39 is 0 Å². The summed E-state index contributed by atoms with van der Waals surface area (Å²) >= 11 is 0. The van der Waals surface area contributed by atoms with E-state index in [-0.39, 0.29) is 0 Å². The second kappa shape index (κ2) is 4.43. The van der Waals surface area contributed by atoms with Gasteiger partial charge in [-0.15, -0.1) is 0 Å². The molecule has 2 fully saturated rings. The summed E-state index contributed by atoms with van der Waals surface area (Å²) in [4.78, 5) is 0. The molecular formula is C11H22N2. The highest BCUT2D eigenvalue weighted by molar-refractivity contribution is 4.85. The Morgan fingerprint density at radius 3 is 2.62 bits per heavy atom. The van der Waals surface area contributed by atoms with Gasteiger partial charge in [0.2, 0.25) is 0 Å². The molecule has 2 aliphatic heterocycles. The van der Waals surface area contributed by atoms with Crippen LogP contribution in [0.15, 0.2) is 0 Å². The van der Waals surface area contributed by atoms with E-state index in [1.54, 1.807) is 0 Å². The van der Waals surface area contributed by atoms with Crippen LogP contribution in [0.25, 0.3) is 0 Å². The van der Waals surface area contributed by atoms with E-state index in [0.29, 0.717) is 0 Å². The highest BCUT2D eigenvalue weighted by atomic mass is 15.0. The minimum atomic E-state index is 0.809. The zero-order chi connectivity index (χ0) is 9.10. The predicted molar refractivity (Wildman–Crippen MR) is 55.8 cm³/mol. The third kappa shape index (κ3) is 2.44. The molecule has 2 nitrogen and oxygen atoms in total. The Hall–Kier alpha value is -0.0800. The summed E-state index contributed by atoms with van der Waals surface area (Å²) in [5.74, 6) is 1.80. The van der Waals surface area contributed by atoms with Gasteiger partial charge in [0.05, 0.1) is 0 Å². The summed E-state index contributed by atoms with van der Waals surface area (Å²) in [5, 5.41) is 7.20. The van der Waals surface area contributed by atoms with Crippen molar-refractivity contribution in [3.8, 4) is 0 Å². The lowest BCUT2D eigenvalue weighted by Gasteiger charge is -2.36. The summed E-state index contributed by atoms with van der Waals surface area (Å²) < 4.78 is 0. The van der Waals surface area contributed by atoms with Crippen molar-refractivity contribution in [3.63, 3.8) is 0 Å². The highest BCUT2D eigenvalue weighted by Gasteiger charge is 2.26. The Morgan fingerprint density at radius 2 is 2.00 bits per heavy atom. The molecule has 3 unspecified atom stereocenters. The molecule has 0 amide bonds. The van der Waals surface area contributed by atoms with Crippen molar-refractivity contribution in [2.45, 2.75) is 38.6 Å². The van der Waals surface area contributed by atoms with Gasteiger partial charge < -0.3 is 10.6 Å². The minimum absolute atomic E-state index is 0.809. The van der Waals surface area contributed by atoms with Crippen LogP contribution >= 0.6 is 0 Å². The van der Waals surface area contributed by atoms with Gasteiger partial charge in [-0.05, 0) is 57.2 Å². The van der Waals surface area contributed by atoms with Crippen molar-refractivity contribution in [2.75, 3.05) is 19.6 Å². The number of hydrogen-bond donors (Lipinski definition) is 2. The molecule has 2 heteroatoms. The molecule has 2 N–H and O–H groups in total. The van der Waals surface area contributed by atoms with E-state index in [9.17, 15) is 0 Å². The molecule has 76 valence electrons. The second-order valence-corrected chi connectivity index (χ2v) is 4.80. The summed E-state index contributed by atoms with van der Waals surface area (Å²) in [6.07, 6.45) is 5.62. The van der Waals surface area contributed by atoms with Crippen LogP contribution in [0.5, 0.6) is 0 Å². The second-order valence-electron chi connectivity index (χ2n) is 4.80. The first-order valence-electron chi connectivity index (χ1n) is 5.80. The van der Waals surface area contributed by atoms with Gasteiger partial charge in [0.15, 0.2) is 0 Å². The SMILES string of the molecule is CC1CCC(C2CCCNC2)NC1. The van der Waals surface area contributed by atoms with Crippen molar-refractivity contribution in [2.24, 2.45) is 11.8 Å². The third-order valence-corrected chi connectivity index (χ3v) is 3.60. The molecular weight excluding hydrogens is 160 g/mol. The van der Waals surface area contributed by atoms with Gasteiger partial charge in [-0.3, -0.25) is 0 Å². The van der Waals surface area contributed by atoms with Gasteiger partial charge in [0.1, 0.15) is 0 Å². The quantitative estimate of drug-likeness (QED) is 0.640. The molecule has 2 aliphatic rings. The standard InChI is InChI=1S/C11H22N2/c1-9-4-5-11(13-7-9)10-3-2-6-12-8-10/h9-13H,2-8H2,1H3. The summed E-state index contributed by atoms with van der Waals surface area (Å²) in [6, 6.07) is 0.809. The maximum atomic E-state index is 3.70. The fraction of sp³-hybridized carbons (Fsp3) is 1.00. The van der Waals surface area contributed by atoms with Crippen LogP contribution in [-0.4, -0.2) is 25.7 Å². The van der Waals surface area contributed by atoms with Gasteiger partial charge in [-0.1, -0.05) is 6.92 Å². The zero-order valence-corrected chi connectivity index (χ0v) is 8.68. The Bertz CT molecular complexity index is 144. The van der Waals surface area contributed by atoms with E-state index >= 15 is 0 Å². The van der Waals surface area contributed by atoms with Crippen LogP contribution in [0, 0.1) is 11.8 Å². The van der Waals surface area contributed by atoms with Crippen molar-refractivity contribution >= 4 is 0 Å². The molecule has 0 aromatic carbocycles. The fourth-order valence-electron chi connectivity index (χ4n) is 2.65. The van der Waals surface area contributed by atoms with Crippen LogP contribution in [0.2, 0.25) is 0 Å². The Labute approximate surface area is 81.5 Å².